The molecular weight excluding hydrogens is 635 g/mol. The third-order valence-corrected chi connectivity index (χ3v) is 11.2. The van der Waals surface area contributed by atoms with Crippen LogP contribution in [0, 0.1) is 40.9 Å². The third-order valence-electron chi connectivity index (χ3n) is 11.2. The lowest BCUT2D eigenvalue weighted by atomic mass is 9.86. The molecule has 0 aromatic heterocycles. The molecule has 3 aliphatic carbocycles. The zero-order valence-electron chi connectivity index (χ0n) is 29.6. The summed E-state index contributed by atoms with van der Waals surface area (Å²) in [6.45, 7) is 15.1. The number of benzene rings is 3. The summed E-state index contributed by atoms with van der Waals surface area (Å²) in [4.78, 5) is 35.9. The van der Waals surface area contributed by atoms with Crippen LogP contribution in [0.2, 0.25) is 0 Å². The fourth-order valence-corrected chi connectivity index (χ4v) is 9.01. The van der Waals surface area contributed by atoms with Crippen LogP contribution < -0.4 is 16.0 Å². The summed E-state index contributed by atoms with van der Waals surface area (Å²) in [6.07, 6.45) is 5.64. The minimum atomic E-state index is -0.691. The zero-order chi connectivity index (χ0) is 35.1. The highest BCUT2D eigenvalue weighted by atomic mass is 16.4. The van der Waals surface area contributed by atoms with Crippen molar-refractivity contribution in [3.8, 4) is 0 Å². The minimum absolute atomic E-state index is 0. The lowest BCUT2D eigenvalue weighted by Gasteiger charge is -2.28. The number of Topliss-reactive ketones (excluding diaryl/α,β-unsaturated/α-hetero) is 2. The normalized spacial score (nSPS) is 29.9. The minimum Gasteiger partial charge on any atom is -0.481 e. The summed E-state index contributed by atoms with van der Waals surface area (Å²) in [6, 6.07) is 26.2. The molecule has 7 heteroatoms. The molecule has 0 spiro atoms. The van der Waals surface area contributed by atoms with Crippen molar-refractivity contribution in [2.45, 2.75) is 106 Å². The molecule has 0 saturated heterocycles. The molecule has 3 fully saturated rings. The van der Waals surface area contributed by atoms with Gasteiger partial charge in [0.25, 0.3) is 0 Å². The average molecular weight is 695 g/mol. The number of anilines is 3. The first kappa shape index (κ1) is 39.5. The maximum atomic E-state index is 12.3. The van der Waals surface area contributed by atoms with E-state index in [-0.39, 0.29) is 55.5 Å². The van der Waals surface area contributed by atoms with Crippen molar-refractivity contribution in [1.29, 1.82) is 0 Å². The van der Waals surface area contributed by atoms with E-state index < -0.39 is 5.97 Å². The van der Waals surface area contributed by atoms with Gasteiger partial charge >= 0.3 is 5.97 Å². The zero-order valence-corrected chi connectivity index (χ0v) is 29.6. The molecule has 7 atom stereocenters. The number of hydrogen-bond donors (Lipinski definition) is 4. The molecule has 2 heterocycles. The molecular formula is C44H60N3O4+. The second-order valence-corrected chi connectivity index (χ2v) is 17.0. The lowest BCUT2D eigenvalue weighted by Crippen LogP contribution is -2.35. The van der Waals surface area contributed by atoms with Gasteiger partial charge in [0.05, 0.1) is 12.8 Å². The van der Waals surface area contributed by atoms with Crippen molar-refractivity contribution in [1.82, 2.24) is 0 Å². The maximum Gasteiger partial charge on any atom is 0.308 e. The second kappa shape index (κ2) is 15.1. The van der Waals surface area contributed by atoms with Crippen LogP contribution >= 0.6 is 0 Å². The SMILES string of the molecule is C.C.CC1(C)CC(Nc2ccccc2)C(C(=O)O)C1.CC1(C)CC2Nc3ccccc3C(=O)C2C1.[CH2+]C1(C)CC2Nc3ccccc3C(=O)C2C1. The Labute approximate surface area is 306 Å². The highest BCUT2D eigenvalue weighted by Gasteiger charge is 2.50. The van der Waals surface area contributed by atoms with E-state index in [2.05, 4.69) is 57.5 Å². The van der Waals surface area contributed by atoms with E-state index in [0.29, 0.717) is 23.0 Å². The van der Waals surface area contributed by atoms with Crippen LogP contribution in [0.15, 0.2) is 78.9 Å². The van der Waals surface area contributed by atoms with E-state index in [9.17, 15) is 19.5 Å². The fraction of sp³-hybridized carbons (Fsp3) is 0.500. The molecule has 4 N–H and O–H groups in total. The average Bonchev–Trinajstić information content (AvgIpc) is 3.65. The Morgan fingerprint density at radius 1 is 0.667 bits per heavy atom. The highest BCUT2D eigenvalue weighted by Crippen LogP contribution is 2.48. The van der Waals surface area contributed by atoms with Gasteiger partial charge in [0.15, 0.2) is 11.6 Å². The Morgan fingerprint density at radius 3 is 1.69 bits per heavy atom. The highest BCUT2D eigenvalue weighted by molar-refractivity contribution is 6.06. The van der Waals surface area contributed by atoms with Crippen LogP contribution in [0.3, 0.4) is 0 Å². The predicted molar refractivity (Wildman–Crippen MR) is 211 cm³/mol. The molecule has 8 rings (SSSR count). The van der Waals surface area contributed by atoms with Gasteiger partial charge in [-0.25, -0.2) is 0 Å². The summed E-state index contributed by atoms with van der Waals surface area (Å²) in [5.74, 6) is -0.0341. The van der Waals surface area contributed by atoms with Crippen LogP contribution in [0.25, 0.3) is 0 Å². The van der Waals surface area contributed by atoms with Gasteiger partial charge in [-0.3, -0.25) is 14.4 Å². The second-order valence-electron chi connectivity index (χ2n) is 17.0. The molecule has 274 valence electrons. The first-order chi connectivity index (χ1) is 23.1. The number of hydrogen-bond acceptors (Lipinski definition) is 6. The standard InChI is InChI=1S/C14H19NO2.C14H17NO.C14H15NO.2CH4/c1-14(2)8-11(13(16)17)12(9-14)15-10-6-4-3-5-7-10;2*1-14(2)7-10-12(8-14)15-11-6-4-3-5-9(11)13(10)16;;/h3-7,11-12,15H,8-9H2,1-2H3,(H,16,17);3-6,10,12,15H,7-8H2,1-2H3;3-6,10,12H,1,7-8H2,2H3;2*1H4/p+1. The predicted octanol–water partition coefficient (Wildman–Crippen LogP) is 10.3. The first-order valence-corrected chi connectivity index (χ1v) is 17.8. The van der Waals surface area contributed by atoms with Gasteiger partial charge in [-0.15, -0.1) is 0 Å². The Balaban J connectivity index is 0.000000168. The van der Waals surface area contributed by atoms with Crippen molar-refractivity contribution in [2.24, 2.45) is 34.0 Å². The van der Waals surface area contributed by atoms with Gasteiger partial charge in [0, 0.05) is 71.0 Å². The fourth-order valence-electron chi connectivity index (χ4n) is 9.01. The summed E-state index contributed by atoms with van der Waals surface area (Å²) in [5, 5.41) is 19.6. The number of rotatable bonds is 3. The molecule has 3 aromatic carbocycles. The van der Waals surface area contributed by atoms with Gasteiger partial charge in [0.1, 0.15) is 5.41 Å². The molecule has 3 saturated carbocycles. The van der Waals surface area contributed by atoms with Crippen molar-refractivity contribution >= 4 is 34.6 Å². The number of carbonyl (C=O) groups excluding carboxylic acids is 2. The van der Waals surface area contributed by atoms with Crippen LogP contribution in [-0.4, -0.2) is 40.8 Å². The van der Waals surface area contributed by atoms with Gasteiger partial charge < -0.3 is 21.1 Å². The first-order valence-electron chi connectivity index (χ1n) is 17.8. The van der Waals surface area contributed by atoms with Crippen molar-refractivity contribution in [3.05, 3.63) is 96.9 Å². The topological polar surface area (TPSA) is 108 Å². The van der Waals surface area contributed by atoms with E-state index in [4.69, 9.17) is 0 Å². The van der Waals surface area contributed by atoms with Gasteiger partial charge in [0.2, 0.25) is 0 Å². The number of carbonyl (C=O) groups is 3. The molecule has 51 heavy (non-hydrogen) atoms. The van der Waals surface area contributed by atoms with Gasteiger partial charge in [-0.1, -0.05) is 85.0 Å². The summed E-state index contributed by atoms with van der Waals surface area (Å²) < 4.78 is 0. The van der Waals surface area contributed by atoms with E-state index >= 15 is 0 Å². The van der Waals surface area contributed by atoms with E-state index in [1.54, 1.807) is 0 Å². The summed E-state index contributed by atoms with van der Waals surface area (Å²) in [5.41, 5.74) is 5.18. The number of fused-ring (bicyclic) bond motifs is 4. The monoisotopic (exact) mass is 694 g/mol. The third kappa shape index (κ3) is 8.80. The largest absolute Gasteiger partial charge is 0.481 e. The van der Waals surface area contributed by atoms with E-state index in [1.165, 1.54) is 0 Å². The van der Waals surface area contributed by atoms with Crippen LogP contribution in [0.4, 0.5) is 17.1 Å². The van der Waals surface area contributed by atoms with Crippen LogP contribution in [-0.2, 0) is 4.79 Å². The Morgan fingerprint density at radius 2 is 1.14 bits per heavy atom. The molecule has 7 unspecified atom stereocenters. The van der Waals surface area contributed by atoms with E-state index in [0.717, 1.165) is 66.7 Å². The molecule has 5 aliphatic rings. The van der Waals surface area contributed by atoms with Crippen LogP contribution in [0.5, 0.6) is 0 Å². The van der Waals surface area contributed by atoms with Crippen molar-refractivity contribution < 1.29 is 19.5 Å². The Bertz CT molecular complexity index is 1610. The number of carboxylic acid groups (broad SMARTS) is 1. The quantitative estimate of drug-likeness (QED) is 0.202. The van der Waals surface area contributed by atoms with Crippen LogP contribution in [0.1, 0.15) is 109 Å². The molecule has 0 radical (unpaired) electrons. The number of nitrogens with one attached hydrogen (secondary N) is 3. The lowest BCUT2D eigenvalue weighted by molar-refractivity contribution is -0.141. The maximum absolute atomic E-state index is 12.3. The molecule has 7 nitrogen and oxygen atoms in total. The number of para-hydroxylation sites is 3. The Kier molecular flexibility index (Phi) is 11.7. The summed E-state index contributed by atoms with van der Waals surface area (Å²) in [7, 11) is 0. The summed E-state index contributed by atoms with van der Waals surface area (Å²) >= 11 is 0. The van der Waals surface area contributed by atoms with Crippen molar-refractivity contribution in [3.63, 3.8) is 0 Å². The van der Waals surface area contributed by atoms with Gasteiger partial charge in [-0.05, 0) is 79.8 Å². The molecule has 3 aromatic rings. The number of carboxylic acids is 1. The molecule has 0 amide bonds. The molecule has 2 aliphatic heterocycles. The number of aliphatic carboxylic acids is 1. The smallest absolute Gasteiger partial charge is 0.308 e. The Hall–Kier alpha value is -4.26. The van der Waals surface area contributed by atoms with Gasteiger partial charge in [-0.2, -0.15) is 0 Å². The van der Waals surface area contributed by atoms with Crippen molar-refractivity contribution in [2.75, 3.05) is 16.0 Å². The van der Waals surface area contributed by atoms with E-state index in [1.807, 2.05) is 78.9 Å². The number of ketones is 2. The molecule has 0 bridgehead atoms.